The first-order valence-corrected chi connectivity index (χ1v) is 9.69. The molecule has 6 nitrogen and oxygen atoms in total. The lowest BCUT2D eigenvalue weighted by atomic mass is 9.88. The Labute approximate surface area is 181 Å². The summed E-state index contributed by atoms with van der Waals surface area (Å²) in [7, 11) is 0. The molecule has 0 saturated carbocycles. The van der Waals surface area contributed by atoms with Crippen LogP contribution in [0.1, 0.15) is 18.1 Å². The van der Waals surface area contributed by atoms with Crippen LogP contribution in [0.3, 0.4) is 0 Å². The fraction of sp³-hybridized carbons (Fsp3) is 0.174. The maximum atomic E-state index is 13.2. The average Bonchev–Trinajstić information content (AvgIpc) is 2.97. The molecule has 0 unspecified atom stereocenters. The number of carbonyl (C=O) groups excluding carboxylic acids is 3. The predicted molar refractivity (Wildman–Crippen MR) is 112 cm³/mol. The van der Waals surface area contributed by atoms with E-state index in [0.717, 1.165) is 39.9 Å². The zero-order chi connectivity index (χ0) is 23.1. The van der Waals surface area contributed by atoms with Crippen molar-refractivity contribution in [1.82, 2.24) is 10.2 Å². The van der Waals surface area contributed by atoms with Gasteiger partial charge in [0.1, 0.15) is 12.1 Å². The Morgan fingerprint density at radius 1 is 1.00 bits per heavy atom. The SMILES string of the molecule is C[C@@]1(c2cccc3ccccc23)NC(=O)N(CC(=O)Nc2ccc(C(F)(F)F)cc2)C1=O. The minimum absolute atomic E-state index is 0.117. The number of nitrogens with one attached hydrogen (secondary N) is 2. The van der Waals surface area contributed by atoms with Crippen LogP contribution in [0.15, 0.2) is 66.7 Å². The van der Waals surface area contributed by atoms with Gasteiger partial charge in [-0.3, -0.25) is 14.5 Å². The summed E-state index contributed by atoms with van der Waals surface area (Å²) in [6, 6.07) is 16.0. The number of alkyl halides is 3. The second kappa shape index (κ2) is 7.67. The van der Waals surface area contributed by atoms with Gasteiger partial charge < -0.3 is 10.6 Å². The zero-order valence-corrected chi connectivity index (χ0v) is 16.9. The standard InChI is InChI=1S/C23H18F3N3O3/c1-22(18-8-4-6-14-5-2-3-7-17(14)18)20(31)29(21(32)28-22)13-19(30)27-16-11-9-15(10-12-16)23(24,25)26/h2-12H,13H2,1H3,(H,27,30)(H,28,32)/t22-/m0/s1. The Hall–Kier alpha value is -3.88. The minimum Gasteiger partial charge on any atom is -0.325 e. The summed E-state index contributed by atoms with van der Waals surface area (Å²) in [6.45, 7) is 0.995. The number of imide groups is 1. The van der Waals surface area contributed by atoms with Crippen LogP contribution in [-0.2, 0) is 21.3 Å². The molecule has 1 heterocycles. The number of halogens is 3. The van der Waals surface area contributed by atoms with Crippen LogP contribution in [0.5, 0.6) is 0 Å². The van der Waals surface area contributed by atoms with Crippen molar-refractivity contribution in [3.05, 3.63) is 77.9 Å². The largest absolute Gasteiger partial charge is 0.416 e. The lowest BCUT2D eigenvalue weighted by molar-refractivity contribution is -0.137. The normalized spacial score (nSPS) is 18.7. The lowest BCUT2D eigenvalue weighted by Gasteiger charge is -2.24. The van der Waals surface area contributed by atoms with Gasteiger partial charge in [0.05, 0.1) is 5.56 Å². The number of fused-ring (bicyclic) bond motifs is 1. The van der Waals surface area contributed by atoms with Crippen molar-refractivity contribution in [3.8, 4) is 0 Å². The molecule has 3 aromatic rings. The molecule has 0 bridgehead atoms. The van der Waals surface area contributed by atoms with E-state index in [2.05, 4.69) is 10.6 Å². The highest BCUT2D eigenvalue weighted by Crippen LogP contribution is 2.34. The van der Waals surface area contributed by atoms with E-state index < -0.39 is 41.7 Å². The smallest absolute Gasteiger partial charge is 0.325 e. The molecule has 1 aliphatic rings. The first-order chi connectivity index (χ1) is 15.1. The van der Waals surface area contributed by atoms with E-state index in [1.807, 2.05) is 30.3 Å². The first-order valence-electron chi connectivity index (χ1n) is 9.69. The van der Waals surface area contributed by atoms with Gasteiger partial charge in [-0.15, -0.1) is 0 Å². The van der Waals surface area contributed by atoms with Crippen molar-refractivity contribution in [2.24, 2.45) is 0 Å². The zero-order valence-electron chi connectivity index (χ0n) is 16.9. The van der Waals surface area contributed by atoms with Crippen LogP contribution in [0, 0.1) is 0 Å². The third-order valence-corrected chi connectivity index (χ3v) is 5.40. The second-order valence-corrected chi connectivity index (χ2v) is 7.60. The van der Waals surface area contributed by atoms with Gasteiger partial charge in [-0.2, -0.15) is 13.2 Å². The highest BCUT2D eigenvalue weighted by molar-refractivity contribution is 6.11. The highest BCUT2D eigenvalue weighted by atomic mass is 19.4. The van der Waals surface area contributed by atoms with E-state index >= 15 is 0 Å². The molecule has 0 radical (unpaired) electrons. The number of nitrogens with zero attached hydrogens (tertiary/aromatic N) is 1. The molecule has 4 amide bonds. The number of urea groups is 1. The summed E-state index contributed by atoms with van der Waals surface area (Å²) < 4.78 is 38.0. The summed E-state index contributed by atoms with van der Waals surface area (Å²) in [5.41, 5.74) is -1.51. The molecule has 1 aliphatic heterocycles. The third kappa shape index (κ3) is 3.77. The van der Waals surface area contributed by atoms with Gasteiger partial charge in [-0.25, -0.2) is 4.79 Å². The Kier molecular flexibility index (Phi) is 5.12. The molecule has 1 saturated heterocycles. The average molecular weight is 441 g/mol. The molecule has 164 valence electrons. The summed E-state index contributed by atoms with van der Waals surface area (Å²) >= 11 is 0. The van der Waals surface area contributed by atoms with Gasteiger partial charge >= 0.3 is 12.2 Å². The molecule has 1 fully saturated rings. The van der Waals surface area contributed by atoms with Crippen LogP contribution >= 0.6 is 0 Å². The number of carbonyl (C=O) groups is 3. The van der Waals surface area contributed by atoms with Crippen molar-refractivity contribution < 1.29 is 27.6 Å². The quantitative estimate of drug-likeness (QED) is 0.594. The fourth-order valence-corrected chi connectivity index (χ4v) is 3.77. The predicted octanol–water partition coefficient (Wildman–Crippen LogP) is 4.26. The molecule has 4 rings (SSSR count). The summed E-state index contributed by atoms with van der Waals surface area (Å²) in [4.78, 5) is 38.9. The van der Waals surface area contributed by atoms with E-state index in [1.165, 1.54) is 0 Å². The van der Waals surface area contributed by atoms with Gasteiger partial charge in [0.2, 0.25) is 5.91 Å². The minimum atomic E-state index is -4.49. The first kappa shape index (κ1) is 21.4. The Morgan fingerprint density at radius 3 is 2.34 bits per heavy atom. The fourth-order valence-electron chi connectivity index (χ4n) is 3.77. The van der Waals surface area contributed by atoms with E-state index in [4.69, 9.17) is 0 Å². The van der Waals surface area contributed by atoms with Gasteiger partial charge in [0.15, 0.2) is 0 Å². The summed E-state index contributed by atoms with van der Waals surface area (Å²) in [6.07, 6.45) is -4.49. The van der Waals surface area contributed by atoms with Crippen LogP contribution in [0.4, 0.5) is 23.7 Å². The molecular formula is C23H18F3N3O3. The molecule has 3 aromatic carbocycles. The van der Waals surface area contributed by atoms with Crippen molar-refractivity contribution >= 4 is 34.3 Å². The maximum absolute atomic E-state index is 13.2. The molecule has 1 atom stereocenters. The van der Waals surface area contributed by atoms with Crippen LogP contribution < -0.4 is 10.6 Å². The van der Waals surface area contributed by atoms with Crippen molar-refractivity contribution in [1.29, 1.82) is 0 Å². The summed E-state index contributed by atoms with van der Waals surface area (Å²) in [5, 5.41) is 6.76. The summed E-state index contributed by atoms with van der Waals surface area (Å²) in [5.74, 6) is -1.31. The lowest BCUT2D eigenvalue weighted by Crippen LogP contribution is -2.42. The van der Waals surface area contributed by atoms with E-state index in [9.17, 15) is 27.6 Å². The van der Waals surface area contributed by atoms with Gasteiger partial charge in [-0.1, -0.05) is 42.5 Å². The Morgan fingerprint density at radius 2 is 1.66 bits per heavy atom. The van der Waals surface area contributed by atoms with Crippen LogP contribution in [0.25, 0.3) is 10.8 Å². The van der Waals surface area contributed by atoms with E-state index in [0.29, 0.717) is 5.56 Å². The molecule has 32 heavy (non-hydrogen) atoms. The maximum Gasteiger partial charge on any atom is 0.416 e. The number of hydrogen-bond donors (Lipinski definition) is 2. The molecule has 0 spiro atoms. The number of amides is 4. The van der Waals surface area contributed by atoms with E-state index in [1.54, 1.807) is 19.1 Å². The number of anilines is 1. The number of benzene rings is 3. The van der Waals surface area contributed by atoms with Crippen molar-refractivity contribution in [2.75, 3.05) is 11.9 Å². The Balaban J connectivity index is 1.52. The molecular weight excluding hydrogens is 423 g/mol. The second-order valence-electron chi connectivity index (χ2n) is 7.60. The monoisotopic (exact) mass is 441 g/mol. The number of hydrogen-bond acceptors (Lipinski definition) is 3. The molecule has 2 N–H and O–H groups in total. The van der Waals surface area contributed by atoms with E-state index in [-0.39, 0.29) is 5.69 Å². The van der Waals surface area contributed by atoms with Crippen molar-refractivity contribution in [3.63, 3.8) is 0 Å². The third-order valence-electron chi connectivity index (χ3n) is 5.40. The Bertz CT molecular complexity index is 1220. The van der Waals surface area contributed by atoms with Gasteiger partial charge in [0.25, 0.3) is 5.91 Å². The molecule has 0 aromatic heterocycles. The van der Waals surface area contributed by atoms with Crippen LogP contribution in [0.2, 0.25) is 0 Å². The van der Waals surface area contributed by atoms with Gasteiger partial charge in [-0.05, 0) is 47.5 Å². The molecule has 9 heteroatoms. The van der Waals surface area contributed by atoms with Crippen molar-refractivity contribution in [2.45, 2.75) is 18.6 Å². The van der Waals surface area contributed by atoms with Gasteiger partial charge in [0, 0.05) is 5.69 Å². The number of rotatable bonds is 4. The van der Waals surface area contributed by atoms with Crippen LogP contribution in [-0.4, -0.2) is 29.3 Å². The highest BCUT2D eigenvalue weighted by Gasteiger charge is 2.50. The molecule has 0 aliphatic carbocycles. The topological polar surface area (TPSA) is 78.5 Å².